The number of anilines is 1. The lowest BCUT2D eigenvalue weighted by molar-refractivity contribution is 0.171. The lowest BCUT2D eigenvalue weighted by Gasteiger charge is -2.22. The van der Waals surface area contributed by atoms with E-state index in [9.17, 15) is 0 Å². The average molecular weight is 413 g/mol. The van der Waals surface area contributed by atoms with Crippen LogP contribution in [-0.2, 0) is 0 Å². The minimum atomic E-state index is 0.159. The van der Waals surface area contributed by atoms with E-state index in [1.165, 1.54) is 0 Å². The molecule has 0 saturated heterocycles. The van der Waals surface area contributed by atoms with Crippen molar-refractivity contribution in [1.29, 1.82) is 0 Å². The zero-order chi connectivity index (χ0) is 14.8. The number of benzene rings is 2. The van der Waals surface area contributed by atoms with Gasteiger partial charge in [0.05, 0.1) is 5.69 Å². The highest BCUT2D eigenvalue weighted by Crippen LogP contribution is 2.34. The number of fused-ring (bicyclic) bond motifs is 1. The summed E-state index contributed by atoms with van der Waals surface area (Å²) < 4.78 is 13.3. The van der Waals surface area contributed by atoms with Crippen LogP contribution in [0.2, 0.25) is 0 Å². The zero-order valence-electron chi connectivity index (χ0n) is 11.5. The molecule has 5 heteroatoms. The molecule has 2 aromatic rings. The number of halogens is 2. The quantitative estimate of drug-likeness (QED) is 0.755. The molecule has 0 radical (unpaired) electrons. The lowest BCUT2D eigenvalue weighted by atomic mass is 10.1. The van der Waals surface area contributed by atoms with Crippen LogP contribution in [-0.4, -0.2) is 13.2 Å². The van der Waals surface area contributed by atoms with Gasteiger partial charge in [0.15, 0.2) is 11.5 Å². The van der Waals surface area contributed by atoms with Gasteiger partial charge in [-0.2, -0.15) is 0 Å². The van der Waals surface area contributed by atoms with Crippen LogP contribution in [0.15, 0.2) is 45.3 Å². The van der Waals surface area contributed by atoms with Gasteiger partial charge in [0, 0.05) is 15.0 Å². The van der Waals surface area contributed by atoms with Crippen molar-refractivity contribution in [3.63, 3.8) is 0 Å². The molecule has 3 rings (SSSR count). The summed E-state index contributed by atoms with van der Waals surface area (Å²) in [5.41, 5.74) is 2.21. The maximum Gasteiger partial charge on any atom is 0.161 e. The first-order valence-electron chi connectivity index (χ1n) is 6.74. The van der Waals surface area contributed by atoms with Gasteiger partial charge in [0.2, 0.25) is 0 Å². The predicted molar refractivity (Wildman–Crippen MR) is 91.3 cm³/mol. The molecule has 21 heavy (non-hydrogen) atoms. The Kier molecular flexibility index (Phi) is 4.40. The third kappa shape index (κ3) is 3.35. The van der Waals surface area contributed by atoms with E-state index in [-0.39, 0.29) is 6.04 Å². The van der Waals surface area contributed by atoms with Crippen LogP contribution in [0, 0.1) is 0 Å². The monoisotopic (exact) mass is 411 g/mol. The van der Waals surface area contributed by atoms with Gasteiger partial charge in [0.1, 0.15) is 13.2 Å². The number of rotatable bonds is 3. The second-order valence-electron chi connectivity index (χ2n) is 4.89. The van der Waals surface area contributed by atoms with Crippen LogP contribution in [0.3, 0.4) is 0 Å². The molecule has 0 aromatic heterocycles. The second-order valence-corrected chi connectivity index (χ2v) is 6.66. The van der Waals surface area contributed by atoms with Crippen LogP contribution in [0.25, 0.3) is 0 Å². The highest BCUT2D eigenvalue weighted by molar-refractivity contribution is 9.11. The smallest absolute Gasteiger partial charge is 0.161 e. The molecule has 0 bridgehead atoms. The van der Waals surface area contributed by atoms with E-state index in [0.29, 0.717) is 13.2 Å². The fraction of sp³-hybridized carbons (Fsp3) is 0.250. The van der Waals surface area contributed by atoms with Crippen molar-refractivity contribution in [3.8, 4) is 11.5 Å². The van der Waals surface area contributed by atoms with Crippen molar-refractivity contribution in [3.05, 3.63) is 50.9 Å². The molecule has 0 aliphatic carbocycles. The summed E-state index contributed by atoms with van der Waals surface area (Å²) >= 11 is 7.06. The molecule has 1 atom stereocenters. The van der Waals surface area contributed by atoms with Gasteiger partial charge in [-0.3, -0.25) is 0 Å². The molecule has 3 nitrogen and oxygen atoms in total. The molecule has 1 unspecified atom stereocenters. The van der Waals surface area contributed by atoms with Crippen LogP contribution >= 0.6 is 31.9 Å². The van der Waals surface area contributed by atoms with Crippen molar-refractivity contribution in [1.82, 2.24) is 0 Å². The molecule has 1 heterocycles. The molecule has 0 fully saturated rings. The van der Waals surface area contributed by atoms with E-state index in [2.05, 4.69) is 56.2 Å². The largest absolute Gasteiger partial charge is 0.486 e. The Morgan fingerprint density at radius 2 is 1.76 bits per heavy atom. The molecule has 1 aliphatic heterocycles. The molecule has 1 N–H and O–H groups in total. The molecular formula is C16H15Br2NO2. The van der Waals surface area contributed by atoms with Gasteiger partial charge >= 0.3 is 0 Å². The zero-order valence-corrected chi connectivity index (χ0v) is 14.7. The predicted octanol–water partition coefficient (Wildman–Crippen LogP) is 5.16. The molecule has 1 aliphatic rings. The van der Waals surface area contributed by atoms with Crippen molar-refractivity contribution in [2.75, 3.05) is 18.5 Å². The topological polar surface area (TPSA) is 30.5 Å². The van der Waals surface area contributed by atoms with Crippen molar-refractivity contribution >= 4 is 37.5 Å². The number of ether oxygens (including phenoxy) is 2. The highest BCUT2D eigenvalue weighted by atomic mass is 79.9. The number of hydrogen-bond acceptors (Lipinski definition) is 3. The van der Waals surface area contributed by atoms with E-state index >= 15 is 0 Å². The van der Waals surface area contributed by atoms with Gasteiger partial charge in [-0.05, 0) is 58.7 Å². The molecular weight excluding hydrogens is 398 g/mol. The summed E-state index contributed by atoms with van der Waals surface area (Å²) in [6.45, 7) is 3.35. The molecule has 110 valence electrons. The van der Waals surface area contributed by atoms with Crippen LogP contribution in [0.1, 0.15) is 18.5 Å². The van der Waals surface area contributed by atoms with Crippen LogP contribution < -0.4 is 14.8 Å². The van der Waals surface area contributed by atoms with E-state index in [1.807, 2.05) is 24.3 Å². The summed E-state index contributed by atoms with van der Waals surface area (Å²) in [6.07, 6.45) is 0. The summed E-state index contributed by atoms with van der Waals surface area (Å²) in [6, 6.07) is 12.3. The first-order chi connectivity index (χ1) is 10.1. The minimum absolute atomic E-state index is 0.159. The Hall–Kier alpha value is -1.20. The summed E-state index contributed by atoms with van der Waals surface area (Å²) in [5, 5.41) is 3.50. The number of hydrogen-bond donors (Lipinski definition) is 1. The second kappa shape index (κ2) is 6.28. The fourth-order valence-corrected chi connectivity index (χ4v) is 2.98. The Bertz CT molecular complexity index is 661. The molecule has 0 saturated carbocycles. The van der Waals surface area contributed by atoms with Gasteiger partial charge < -0.3 is 14.8 Å². The van der Waals surface area contributed by atoms with Gasteiger partial charge in [-0.25, -0.2) is 0 Å². The first-order valence-corrected chi connectivity index (χ1v) is 8.33. The van der Waals surface area contributed by atoms with E-state index in [4.69, 9.17) is 9.47 Å². The van der Waals surface area contributed by atoms with E-state index < -0.39 is 0 Å². The van der Waals surface area contributed by atoms with Crippen molar-refractivity contribution in [2.24, 2.45) is 0 Å². The maximum absolute atomic E-state index is 5.64. The van der Waals surface area contributed by atoms with E-state index in [1.54, 1.807) is 0 Å². The number of nitrogens with one attached hydrogen (secondary N) is 1. The summed E-state index contributed by atoms with van der Waals surface area (Å²) in [7, 11) is 0. The molecule has 0 spiro atoms. The lowest BCUT2D eigenvalue weighted by Crippen LogP contribution is -2.16. The molecule has 0 amide bonds. The first kappa shape index (κ1) is 14.7. The van der Waals surface area contributed by atoms with Gasteiger partial charge in [0.25, 0.3) is 0 Å². The Balaban J connectivity index is 1.82. The van der Waals surface area contributed by atoms with Crippen LogP contribution in [0.5, 0.6) is 11.5 Å². The van der Waals surface area contributed by atoms with Crippen LogP contribution in [0.4, 0.5) is 5.69 Å². The Morgan fingerprint density at radius 3 is 2.57 bits per heavy atom. The van der Waals surface area contributed by atoms with Crippen molar-refractivity contribution in [2.45, 2.75) is 13.0 Å². The maximum atomic E-state index is 5.64. The van der Waals surface area contributed by atoms with Gasteiger partial charge in [-0.15, -0.1) is 0 Å². The Morgan fingerprint density at radius 1 is 1.00 bits per heavy atom. The standard InChI is InChI=1S/C16H15Br2NO2/c1-10(19-14-9-12(17)3-4-13(14)18)11-2-5-15-16(8-11)21-7-6-20-15/h2-5,8-10,19H,6-7H2,1H3. The third-order valence-corrected chi connectivity index (χ3v) is 4.55. The van der Waals surface area contributed by atoms with Gasteiger partial charge in [-0.1, -0.05) is 22.0 Å². The fourth-order valence-electron chi connectivity index (χ4n) is 2.25. The Labute approximate surface area is 140 Å². The summed E-state index contributed by atoms with van der Waals surface area (Å²) in [4.78, 5) is 0. The average Bonchev–Trinajstić information content (AvgIpc) is 2.50. The SMILES string of the molecule is CC(Nc1cc(Br)ccc1Br)c1ccc2c(c1)OCCO2. The minimum Gasteiger partial charge on any atom is -0.486 e. The third-order valence-electron chi connectivity index (χ3n) is 3.37. The highest BCUT2D eigenvalue weighted by Gasteiger charge is 2.15. The normalized spacial score (nSPS) is 14.6. The van der Waals surface area contributed by atoms with E-state index in [0.717, 1.165) is 31.7 Å². The summed E-state index contributed by atoms with van der Waals surface area (Å²) in [5.74, 6) is 1.64. The molecule has 2 aromatic carbocycles. The van der Waals surface area contributed by atoms with Crippen molar-refractivity contribution < 1.29 is 9.47 Å².